The summed E-state index contributed by atoms with van der Waals surface area (Å²) in [5, 5.41) is 0. The van der Waals surface area contributed by atoms with Crippen molar-refractivity contribution in [3.8, 4) is 5.88 Å². The number of alkyl halides is 6. The molecule has 1 aromatic rings. The van der Waals surface area contributed by atoms with E-state index in [0.717, 1.165) is 18.3 Å². The van der Waals surface area contributed by atoms with Gasteiger partial charge in [0.1, 0.15) is 0 Å². The smallest absolute Gasteiger partial charge is 0.434 e. The third kappa shape index (κ3) is 3.60. The molecule has 0 aliphatic heterocycles. The molecule has 0 saturated carbocycles. The third-order valence-electron chi connectivity index (χ3n) is 1.73. The van der Waals surface area contributed by atoms with Crippen LogP contribution in [0.2, 0.25) is 0 Å². The van der Waals surface area contributed by atoms with Crippen LogP contribution < -0.4 is 4.74 Å². The fourth-order valence-corrected chi connectivity index (χ4v) is 0.971. The molecule has 0 radical (unpaired) electrons. The average Bonchev–Trinajstić information content (AvgIpc) is 2.23. The molecule has 0 N–H and O–H groups in total. The highest BCUT2D eigenvalue weighted by Gasteiger charge is 2.59. The highest BCUT2D eigenvalue weighted by atomic mass is 19.4. The summed E-state index contributed by atoms with van der Waals surface area (Å²) in [6.07, 6.45) is -14.0. The molecular weight excluding hydrogens is 268 g/mol. The topological polar surface area (TPSA) is 39.2 Å². The van der Waals surface area contributed by atoms with Crippen LogP contribution in [0, 0.1) is 0 Å². The monoisotopic (exact) mass is 273 g/mol. The van der Waals surface area contributed by atoms with Gasteiger partial charge >= 0.3 is 12.4 Å². The molecular formula is C9H5F6NO2. The zero-order valence-corrected chi connectivity index (χ0v) is 8.42. The summed E-state index contributed by atoms with van der Waals surface area (Å²) < 4.78 is 76.5. The van der Waals surface area contributed by atoms with Gasteiger partial charge in [0.25, 0.3) is 6.10 Å². The summed E-state index contributed by atoms with van der Waals surface area (Å²) in [4.78, 5) is 13.4. The SMILES string of the molecule is O=Cc1ccc(OC(C(F)(F)F)C(F)(F)F)nc1. The molecule has 0 bridgehead atoms. The third-order valence-corrected chi connectivity index (χ3v) is 1.73. The summed E-state index contributed by atoms with van der Waals surface area (Å²) >= 11 is 0. The first-order valence-corrected chi connectivity index (χ1v) is 4.36. The van der Waals surface area contributed by atoms with Crippen LogP contribution in [-0.4, -0.2) is 29.7 Å². The second-order valence-corrected chi connectivity index (χ2v) is 3.13. The number of rotatable bonds is 3. The van der Waals surface area contributed by atoms with Gasteiger partial charge in [0.15, 0.2) is 6.29 Å². The van der Waals surface area contributed by atoms with E-state index in [4.69, 9.17) is 0 Å². The number of halogens is 6. The van der Waals surface area contributed by atoms with Crippen molar-refractivity contribution in [3.63, 3.8) is 0 Å². The molecule has 0 aliphatic carbocycles. The lowest BCUT2D eigenvalue weighted by molar-refractivity contribution is -0.300. The number of hydrogen-bond donors (Lipinski definition) is 0. The molecule has 100 valence electrons. The van der Waals surface area contributed by atoms with Gasteiger partial charge in [-0.05, 0) is 6.07 Å². The molecule has 1 heterocycles. The molecule has 3 nitrogen and oxygen atoms in total. The lowest BCUT2D eigenvalue weighted by Gasteiger charge is -2.23. The van der Waals surface area contributed by atoms with Crippen LogP contribution in [0.5, 0.6) is 5.88 Å². The zero-order chi connectivity index (χ0) is 14.0. The minimum Gasteiger partial charge on any atom is -0.455 e. The minimum absolute atomic E-state index is 0.00193. The number of carbonyl (C=O) groups is 1. The number of aromatic nitrogens is 1. The van der Waals surface area contributed by atoms with E-state index in [1.807, 2.05) is 0 Å². The van der Waals surface area contributed by atoms with Crippen molar-refractivity contribution in [2.75, 3.05) is 0 Å². The molecule has 0 unspecified atom stereocenters. The van der Waals surface area contributed by atoms with Crippen LogP contribution in [0.3, 0.4) is 0 Å². The minimum atomic E-state index is -5.61. The Balaban J connectivity index is 2.93. The normalized spacial score (nSPS) is 12.6. The molecule has 1 rings (SSSR count). The lowest BCUT2D eigenvalue weighted by atomic mass is 10.3. The van der Waals surface area contributed by atoms with Crippen molar-refractivity contribution in [2.24, 2.45) is 0 Å². The van der Waals surface area contributed by atoms with Crippen LogP contribution >= 0.6 is 0 Å². The predicted octanol–water partition coefficient (Wildman–Crippen LogP) is 2.77. The highest BCUT2D eigenvalue weighted by Crippen LogP contribution is 2.35. The molecule has 0 fully saturated rings. The first kappa shape index (κ1) is 14.3. The van der Waals surface area contributed by atoms with Crippen LogP contribution in [0.15, 0.2) is 18.3 Å². The number of hydrogen-bond acceptors (Lipinski definition) is 3. The number of ether oxygens (including phenoxy) is 1. The number of carbonyl (C=O) groups excluding carboxylic acids is 1. The van der Waals surface area contributed by atoms with Crippen molar-refractivity contribution in [1.82, 2.24) is 4.98 Å². The Morgan fingerprint density at radius 1 is 1.11 bits per heavy atom. The molecule has 0 saturated heterocycles. The summed E-state index contributed by atoms with van der Waals surface area (Å²) in [5.74, 6) is -0.875. The van der Waals surface area contributed by atoms with E-state index >= 15 is 0 Å². The van der Waals surface area contributed by atoms with Gasteiger partial charge in [-0.15, -0.1) is 0 Å². The number of aldehydes is 1. The van der Waals surface area contributed by atoms with Crippen molar-refractivity contribution < 1.29 is 35.9 Å². The van der Waals surface area contributed by atoms with Crippen molar-refractivity contribution in [2.45, 2.75) is 18.5 Å². The summed E-state index contributed by atoms with van der Waals surface area (Å²) in [7, 11) is 0. The molecule has 0 spiro atoms. The van der Waals surface area contributed by atoms with E-state index in [9.17, 15) is 31.1 Å². The van der Waals surface area contributed by atoms with Gasteiger partial charge in [0.05, 0.1) is 0 Å². The molecule has 18 heavy (non-hydrogen) atoms. The first-order chi connectivity index (χ1) is 8.14. The van der Waals surface area contributed by atoms with E-state index in [0.29, 0.717) is 6.29 Å². The Bertz CT molecular complexity index is 397. The maximum Gasteiger partial charge on any atom is 0.434 e. The maximum atomic E-state index is 12.1. The van der Waals surface area contributed by atoms with Crippen molar-refractivity contribution >= 4 is 6.29 Å². The van der Waals surface area contributed by atoms with Crippen molar-refractivity contribution in [3.05, 3.63) is 23.9 Å². The van der Waals surface area contributed by atoms with Gasteiger partial charge < -0.3 is 4.74 Å². The molecule has 0 atom stereocenters. The fourth-order valence-electron chi connectivity index (χ4n) is 0.971. The van der Waals surface area contributed by atoms with Crippen LogP contribution in [0.4, 0.5) is 26.3 Å². The van der Waals surface area contributed by atoms with Crippen LogP contribution in [0.25, 0.3) is 0 Å². The highest BCUT2D eigenvalue weighted by molar-refractivity contribution is 5.73. The zero-order valence-electron chi connectivity index (χ0n) is 8.42. The second-order valence-electron chi connectivity index (χ2n) is 3.13. The lowest BCUT2D eigenvalue weighted by Crippen LogP contribution is -2.46. The second kappa shape index (κ2) is 4.83. The predicted molar refractivity (Wildman–Crippen MR) is 46.2 cm³/mol. The molecule has 9 heteroatoms. The Labute approximate surface area is 96.4 Å². The first-order valence-electron chi connectivity index (χ1n) is 4.36. The Kier molecular flexibility index (Phi) is 3.82. The number of pyridine rings is 1. The Morgan fingerprint density at radius 3 is 2.00 bits per heavy atom. The fraction of sp³-hybridized carbons (Fsp3) is 0.333. The largest absolute Gasteiger partial charge is 0.455 e. The molecule has 0 aliphatic rings. The van der Waals surface area contributed by atoms with E-state index in [-0.39, 0.29) is 5.56 Å². The Hall–Kier alpha value is -1.80. The van der Waals surface area contributed by atoms with Crippen molar-refractivity contribution in [1.29, 1.82) is 0 Å². The van der Waals surface area contributed by atoms with E-state index < -0.39 is 24.3 Å². The maximum absolute atomic E-state index is 12.1. The van der Waals surface area contributed by atoms with Gasteiger partial charge in [-0.3, -0.25) is 4.79 Å². The van der Waals surface area contributed by atoms with E-state index in [1.165, 1.54) is 0 Å². The molecule has 0 aromatic carbocycles. The summed E-state index contributed by atoms with van der Waals surface area (Å²) in [5.41, 5.74) is -0.00193. The number of nitrogens with zero attached hydrogens (tertiary/aromatic N) is 1. The Morgan fingerprint density at radius 2 is 1.67 bits per heavy atom. The van der Waals surface area contributed by atoms with Crippen LogP contribution in [-0.2, 0) is 0 Å². The summed E-state index contributed by atoms with van der Waals surface area (Å²) in [6, 6.07) is 1.73. The van der Waals surface area contributed by atoms with Gasteiger partial charge in [0, 0.05) is 17.8 Å². The van der Waals surface area contributed by atoms with Gasteiger partial charge in [-0.2, -0.15) is 26.3 Å². The standard InChI is InChI=1S/C9H5F6NO2/c10-8(11,12)7(9(13,14)15)18-6-2-1-5(4-17)3-16-6/h1-4,7H. The van der Waals surface area contributed by atoms with Gasteiger partial charge in [-0.1, -0.05) is 0 Å². The van der Waals surface area contributed by atoms with Crippen LogP contribution in [0.1, 0.15) is 10.4 Å². The van der Waals surface area contributed by atoms with E-state index in [1.54, 1.807) is 0 Å². The van der Waals surface area contributed by atoms with Gasteiger partial charge in [0.2, 0.25) is 5.88 Å². The average molecular weight is 273 g/mol. The molecule has 1 aromatic heterocycles. The molecule has 0 amide bonds. The summed E-state index contributed by atoms with van der Waals surface area (Å²) in [6.45, 7) is 0. The quantitative estimate of drug-likeness (QED) is 0.628. The van der Waals surface area contributed by atoms with Gasteiger partial charge in [-0.25, -0.2) is 4.98 Å². The van der Waals surface area contributed by atoms with E-state index in [2.05, 4.69) is 9.72 Å².